The molecule has 4 heteroatoms. The summed E-state index contributed by atoms with van der Waals surface area (Å²) in [5, 5.41) is 27.9. The lowest BCUT2D eigenvalue weighted by molar-refractivity contribution is 0.149. The normalized spacial score (nSPS) is 15.0. The third kappa shape index (κ3) is 13.1. The Bertz CT molecular complexity index is 298. The van der Waals surface area contributed by atoms with E-state index in [4.69, 9.17) is 10.8 Å². The van der Waals surface area contributed by atoms with E-state index < -0.39 is 18.2 Å². The van der Waals surface area contributed by atoms with Gasteiger partial charge in [-0.05, 0) is 12.8 Å². The fraction of sp³-hybridized carbons (Fsp3) is 0.889. The van der Waals surface area contributed by atoms with E-state index in [0.29, 0.717) is 6.42 Å². The fourth-order valence-corrected chi connectivity index (χ4v) is 2.29. The van der Waals surface area contributed by atoms with Gasteiger partial charge in [0.05, 0.1) is 12.6 Å². The maximum atomic E-state index is 9.69. The van der Waals surface area contributed by atoms with Crippen molar-refractivity contribution in [2.45, 2.75) is 95.8 Å². The summed E-state index contributed by atoms with van der Waals surface area (Å²) in [5.74, 6) is 5.08. The SMILES string of the molecule is CCCCCCCCCCCC[C@H](O)C#C[C@@H](O)[C@@H](N)CO. The van der Waals surface area contributed by atoms with Gasteiger partial charge >= 0.3 is 0 Å². The molecule has 0 amide bonds. The highest BCUT2D eigenvalue weighted by Crippen LogP contribution is 2.11. The van der Waals surface area contributed by atoms with Crippen molar-refractivity contribution in [2.24, 2.45) is 5.73 Å². The minimum atomic E-state index is -1.08. The van der Waals surface area contributed by atoms with Crippen molar-refractivity contribution in [1.29, 1.82) is 0 Å². The summed E-state index contributed by atoms with van der Waals surface area (Å²) in [6.07, 6.45) is 11.4. The number of aliphatic hydroxyl groups is 3. The molecule has 0 aliphatic heterocycles. The summed E-state index contributed by atoms with van der Waals surface area (Å²) >= 11 is 0. The molecule has 22 heavy (non-hydrogen) atoms. The first kappa shape index (κ1) is 21.4. The smallest absolute Gasteiger partial charge is 0.132 e. The van der Waals surface area contributed by atoms with Crippen LogP contribution in [0.4, 0.5) is 0 Å². The summed E-state index contributed by atoms with van der Waals surface area (Å²) < 4.78 is 0. The Hall–Kier alpha value is -0.600. The molecule has 5 N–H and O–H groups in total. The zero-order valence-corrected chi connectivity index (χ0v) is 14.1. The number of hydrogen-bond acceptors (Lipinski definition) is 4. The van der Waals surface area contributed by atoms with Gasteiger partial charge in [-0.2, -0.15) is 0 Å². The summed E-state index contributed by atoms with van der Waals surface area (Å²) in [6, 6.07) is -0.767. The van der Waals surface area contributed by atoms with Gasteiger partial charge < -0.3 is 21.1 Å². The third-order valence-corrected chi connectivity index (χ3v) is 3.85. The Labute approximate surface area is 136 Å². The number of rotatable bonds is 13. The molecule has 130 valence electrons. The highest BCUT2D eigenvalue weighted by atomic mass is 16.3. The van der Waals surface area contributed by atoms with E-state index in [1.165, 1.54) is 51.4 Å². The molecule has 0 fully saturated rings. The molecule has 0 saturated carbocycles. The van der Waals surface area contributed by atoms with E-state index in [0.717, 1.165) is 12.8 Å². The standard InChI is InChI=1S/C18H35NO3/c1-2-3-4-5-6-7-8-9-10-11-12-16(21)13-14-18(22)17(19)15-20/h16-18,20-22H,2-12,15,19H2,1H3/t16-,17-,18+/m0/s1. The van der Waals surface area contributed by atoms with Gasteiger partial charge in [0, 0.05) is 0 Å². The molecule has 0 rings (SSSR count). The molecular formula is C18H35NO3. The molecule has 0 spiro atoms. The molecule has 0 aromatic heterocycles. The van der Waals surface area contributed by atoms with Crippen LogP contribution >= 0.6 is 0 Å². The minimum absolute atomic E-state index is 0.315. The fourth-order valence-electron chi connectivity index (χ4n) is 2.29. The topological polar surface area (TPSA) is 86.7 Å². The van der Waals surface area contributed by atoms with Gasteiger partial charge in [-0.25, -0.2) is 0 Å². The molecule has 3 atom stereocenters. The first-order chi connectivity index (χ1) is 10.6. The van der Waals surface area contributed by atoms with Crippen molar-refractivity contribution in [2.75, 3.05) is 6.61 Å². The second-order valence-electron chi connectivity index (χ2n) is 6.07. The van der Waals surface area contributed by atoms with E-state index in [1.54, 1.807) is 0 Å². The number of unbranched alkanes of at least 4 members (excludes halogenated alkanes) is 9. The molecule has 0 radical (unpaired) electrons. The van der Waals surface area contributed by atoms with Crippen molar-refractivity contribution >= 4 is 0 Å². The molecule has 4 nitrogen and oxygen atoms in total. The molecule has 0 heterocycles. The summed E-state index contributed by atoms with van der Waals surface area (Å²) in [7, 11) is 0. The Morgan fingerprint density at radius 1 is 0.818 bits per heavy atom. The molecular weight excluding hydrogens is 278 g/mol. The van der Waals surface area contributed by atoms with Crippen LogP contribution in [0.3, 0.4) is 0 Å². The maximum Gasteiger partial charge on any atom is 0.132 e. The number of hydrogen-bond donors (Lipinski definition) is 4. The van der Waals surface area contributed by atoms with Crippen molar-refractivity contribution < 1.29 is 15.3 Å². The molecule has 0 aliphatic rings. The van der Waals surface area contributed by atoms with Crippen LogP contribution in [0.25, 0.3) is 0 Å². The lowest BCUT2D eigenvalue weighted by atomic mass is 10.0. The number of nitrogens with two attached hydrogens (primary N) is 1. The van der Waals surface area contributed by atoms with Crippen LogP contribution in [0.15, 0.2) is 0 Å². The zero-order chi connectivity index (χ0) is 16.6. The van der Waals surface area contributed by atoms with E-state index in [1.807, 2.05) is 0 Å². The maximum absolute atomic E-state index is 9.69. The predicted molar refractivity (Wildman–Crippen MR) is 91.3 cm³/mol. The van der Waals surface area contributed by atoms with E-state index in [9.17, 15) is 10.2 Å². The lowest BCUT2D eigenvalue weighted by Gasteiger charge is -2.10. The zero-order valence-electron chi connectivity index (χ0n) is 14.1. The molecule has 0 saturated heterocycles. The first-order valence-electron chi connectivity index (χ1n) is 8.85. The van der Waals surface area contributed by atoms with Crippen LogP contribution < -0.4 is 5.73 Å². The van der Waals surface area contributed by atoms with Crippen molar-refractivity contribution in [1.82, 2.24) is 0 Å². The van der Waals surface area contributed by atoms with Gasteiger partial charge in [-0.3, -0.25) is 0 Å². The third-order valence-electron chi connectivity index (χ3n) is 3.85. The lowest BCUT2D eigenvalue weighted by Crippen LogP contribution is -2.36. The van der Waals surface area contributed by atoms with Crippen LogP contribution in [0.5, 0.6) is 0 Å². The van der Waals surface area contributed by atoms with Gasteiger partial charge in [-0.1, -0.05) is 76.6 Å². The quantitative estimate of drug-likeness (QED) is 0.310. The van der Waals surface area contributed by atoms with E-state index in [-0.39, 0.29) is 6.61 Å². The summed E-state index contributed by atoms with van der Waals surface area (Å²) in [6.45, 7) is 1.92. The van der Waals surface area contributed by atoms with Crippen LogP contribution in [0.2, 0.25) is 0 Å². The van der Waals surface area contributed by atoms with Crippen molar-refractivity contribution in [3.63, 3.8) is 0 Å². The van der Waals surface area contributed by atoms with Gasteiger partial charge in [0.15, 0.2) is 0 Å². The van der Waals surface area contributed by atoms with Crippen LogP contribution in [-0.2, 0) is 0 Å². The Morgan fingerprint density at radius 3 is 1.82 bits per heavy atom. The van der Waals surface area contributed by atoms with Crippen LogP contribution in [-0.4, -0.2) is 40.2 Å². The van der Waals surface area contributed by atoms with Crippen molar-refractivity contribution in [3.05, 3.63) is 0 Å². The van der Waals surface area contributed by atoms with Crippen LogP contribution in [0.1, 0.15) is 77.6 Å². The van der Waals surface area contributed by atoms with Crippen LogP contribution in [0, 0.1) is 11.8 Å². The second kappa shape index (κ2) is 15.3. The Kier molecular flexibility index (Phi) is 14.9. The van der Waals surface area contributed by atoms with Gasteiger partial charge in [0.1, 0.15) is 12.2 Å². The largest absolute Gasteiger partial charge is 0.395 e. The molecule has 0 unspecified atom stereocenters. The number of aliphatic hydroxyl groups excluding tert-OH is 3. The predicted octanol–water partition coefficient (Wildman–Crippen LogP) is 2.34. The van der Waals surface area contributed by atoms with Crippen molar-refractivity contribution in [3.8, 4) is 11.8 Å². The van der Waals surface area contributed by atoms with Gasteiger partial charge in [-0.15, -0.1) is 0 Å². The Balaban J connectivity index is 3.46. The van der Waals surface area contributed by atoms with Gasteiger partial charge in [0.25, 0.3) is 0 Å². The van der Waals surface area contributed by atoms with E-state index in [2.05, 4.69) is 18.8 Å². The molecule has 0 aliphatic carbocycles. The molecule has 0 bridgehead atoms. The summed E-state index contributed by atoms with van der Waals surface area (Å²) in [5.41, 5.74) is 5.42. The average molecular weight is 313 g/mol. The molecule has 0 aromatic rings. The summed E-state index contributed by atoms with van der Waals surface area (Å²) in [4.78, 5) is 0. The first-order valence-corrected chi connectivity index (χ1v) is 8.85. The Morgan fingerprint density at radius 2 is 1.32 bits per heavy atom. The highest BCUT2D eigenvalue weighted by Gasteiger charge is 2.10. The average Bonchev–Trinajstić information content (AvgIpc) is 2.53. The second-order valence-corrected chi connectivity index (χ2v) is 6.07. The van der Waals surface area contributed by atoms with E-state index >= 15 is 0 Å². The minimum Gasteiger partial charge on any atom is -0.395 e. The monoisotopic (exact) mass is 313 g/mol. The highest BCUT2D eigenvalue weighted by molar-refractivity contribution is 5.11. The van der Waals surface area contributed by atoms with Gasteiger partial charge in [0.2, 0.25) is 0 Å². The molecule has 0 aromatic carbocycles.